The number of pyridine rings is 1. The van der Waals surface area contributed by atoms with E-state index in [9.17, 15) is 8.42 Å². The molecule has 2 aromatic heterocycles. The zero-order valence-corrected chi connectivity index (χ0v) is 11.0. The molecule has 0 saturated heterocycles. The standard InChI is InChI=1S/C11H9N3O2S2/c1-8-3-2-6-13-11(8)14-18(15,16)10-5-4-9(7-12)17-10/h2-6H,1H3,(H,13,14). The third-order valence-electron chi connectivity index (χ3n) is 2.20. The van der Waals surface area contributed by atoms with E-state index in [1.165, 1.54) is 18.3 Å². The number of aromatic nitrogens is 1. The van der Waals surface area contributed by atoms with E-state index >= 15 is 0 Å². The van der Waals surface area contributed by atoms with Crippen LogP contribution in [-0.2, 0) is 10.0 Å². The van der Waals surface area contributed by atoms with Crippen molar-refractivity contribution in [3.05, 3.63) is 40.9 Å². The van der Waals surface area contributed by atoms with Crippen LogP contribution in [0.5, 0.6) is 0 Å². The molecule has 7 heteroatoms. The highest BCUT2D eigenvalue weighted by molar-refractivity contribution is 7.94. The molecule has 0 unspecified atom stereocenters. The topological polar surface area (TPSA) is 82.8 Å². The molecule has 0 aliphatic carbocycles. The molecule has 0 aliphatic rings. The Labute approximate surface area is 109 Å². The van der Waals surface area contributed by atoms with Gasteiger partial charge in [0, 0.05) is 6.20 Å². The van der Waals surface area contributed by atoms with E-state index < -0.39 is 10.0 Å². The molecule has 0 saturated carbocycles. The Morgan fingerprint density at radius 1 is 1.39 bits per heavy atom. The molecule has 1 N–H and O–H groups in total. The number of aryl methyl sites for hydroxylation is 1. The average molecular weight is 279 g/mol. The van der Waals surface area contributed by atoms with Crippen molar-refractivity contribution in [2.24, 2.45) is 0 Å². The molecule has 5 nitrogen and oxygen atoms in total. The Bertz CT molecular complexity index is 714. The van der Waals surface area contributed by atoms with E-state index in [4.69, 9.17) is 5.26 Å². The van der Waals surface area contributed by atoms with E-state index in [0.29, 0.717) is 10.7 Å². The van der Waals surface area contributed by atoms with Crippen molar-refractivity contribution >= 4 is 27.2 Å². The number of nitrogens with one attached hydrogen (secondary N) is 1. The summed E-state index contributed by atoms with van der Waals surface area (Å²) < 4.78 is 26.6. The lowest BCUT2D eigenvalue weighted by Gasteiger charge is -2.07. The largest absolute Gasteiger partial charge is 0.272 e. The number of rotatable bonds is 3. The second kappa shape index (κ2) is 4.76. The first kappa shape index (κ1) is 12.5. The molecule has 0 atom stereocenters. The molecule has 92 valence electrons. The van der Waals surface area contributed by atoms with Crippen molar-refractivity contribution in [2.45, 2.75) is 11.1 Å². The van der Waals surface area contributed by atoms with Crippen LogP contribution in [0.15, 0.2) is 34.7 Å². The van der Waals surface area contributed by atoms with Gasteiger partial charge in [-0.2, -0.15) is 5.26 Å². The van der Waals surface area contributed by atoms with Gasteiger partial charge in [-0.25, -0.2) is 13.4 Å². The van der Waals surface area contributed by atoms with Crippen LogP contribution in [0.3, 0.4) is 0 Å². The molecule has 0 radical (unpaired) electrons. The van der Waals surface area contributed by atoms with E-state index in [0.717, 1.165) is 16.9 Å². The quantitative estimate of drug-likeness (QED) is 0.932. The van der Waals surface area contributed by atoms with E-state index in [-0.39, 0.29) is 4.21 Å². The first-order valence-electron chi connectivity index (χ1n) is 4.97. The SMILES string of the molecule is Cc1cccnc1NS(=O)(=O)c1ccc(C#N)s1. The second-order valence-electron chi connectivity index (χ2n) is 3.50. The summed E-state index contributed by atoms with van der Waals surface area (Å²) in [5.41, 5.74) is 0.734. The van der Waals surface area contributed by atoms with Crippen molar-refractivity contribution in [1.82, 2.24) is 4.98 Å². The zero-order chi connectivity index (χ0) is 13.2. The highest BCUT2D eigenvalue weighted by Crippen LogP contribution is 2.23. The van der Waals surface area contributed by atoms with Crippen molar-refractivity contribution in [2.75, 3.05) is 4.72 Å². The number of anilines is 1. The molecule has 0 aromatic carbocycles. The molecular formula is C11H9N3O2S2. The van der Waals surface area contributed by atoms with Crippen molar-refractivity contribution in [3.63, 3.8) is 0 Å². The maximum Gasteiger partial charge on any atom is 0.272 e. The minimum atomic E-state index is -3.67. The summed E-state index contributed by atoms with van der Waals surface area (Å²) >= 11 is 0.926. The predicted molar refractivity (Wildman–Crippen MR) is 68.8 cm³/mol. The van der Waals surface area contributed by atoms with Crippen LogP contribution >= 0.6 is 11.3 Å². The third kappa shape index (κ3) is 2.50. The molecule has 0 fully saturated rings. The minimum absolute atomic E-state index is 0.101. The smallest absolute Gasteiger partial charge is 0.262 e. The Kier molecular flexibility index (Phi) is 3.32. The second-order valence-corrected chi connectivity index (χ2v) is 6.50. The van der Waals surface area contributed by atoms with Crippen LogP contribution in [-0.4, -0.2) is 13.4 Å². The molecule has 0 spiro atoms. The first-order valence-corrected chi connectivity index (χ1v) is 7.27. The Hall–Kier alpha value is -1.91. The molecule has 2 aromatic rings. The van der Waals surface area contributed by atoms with Gasteiger partial charge in [-0.3, -0.25) is 4.72 Å². The lowest BCUT2D eigenvalue weighted by atomic mass is 10.3. The molecule has 2 heterocycles. The molecule has 2 rings (SSSR count). The number of thiophene rings is 1. The summed E-state index contributed by atoms with van der Waals surface area (Å²) in [5.74, 6) is 0.296. The van der Waals surface area contributed by atoms with Gasteiger partial charge in [-0.15, -0.1) is 11.3 Å². The summed E-state index contributed by atoms with van der Waals surface area (Å²) in [4.78, 5) is 4.32. The van der Waals surface area contributed by atoms with Gasteiger partial charge in [0.1, 0.15) is 21.0 Å². The summed E-state index contributed by atoms with van der Waals surface area (Å²) in [5, 5.41) is 8.68. The highest BCUT2D eigenvalue weighted by Gasteiger charge is 2.18. The summed E-state index contributed by atoms with van der Waals surface area (Å²) in [7, 11) is -3.67. The fraction of sp³-hybridized carbons (Fsp3) is 0.0909. The van der Waals surface area contributed by atoms with Gasteiger partial charge in [-0.1, -0.05) is 6.07 Å². The Morgan fingerprint density at radius 3 is 2.78 bits per heavy atom. The van der Waals surface area contributed by atoms with Gasteiger partial charge in [0.25, 0.3) is 10.0 Å². The highest BCUT2D eigenvalue weighted by atomic mass is 32.2. The monoisotopic (exact) mass is 279 g/mol. The van der Waals surface area contributed by atoms with Crippen LogP contribution in [0, 0.1) is 18.3 Å². The van der Waals surface area contributed by atoms with E-state index in [1.807, 2.05) is 6.07 Å². The molecule has 0 amide bonds. The van der Waals surface area contributed by atoms with Crippen LogP contribution in [0.25, 0.3) is 0 Å². The number of hydrogen-bond acceptors (Lipinski definition) is 5. The summed E-state index contributed by atoms with van der Waals surface area (Å²) in [6.45, 7) is 1.76. The predicted octanol–water partition coefficient (Wildman–Crippen LogP) is 2.12. The molecule has 0 aliphatic heterocycles. The Balaban J connectivity index is 2.34. The van der Waals surface area contributed by atoms with Gasteiger partial charge < -0.3 is 0 Å². The van der Waals surface area contributed by atoms with Gasteiger partial charge >= 0.3 is 0 Å². The van der Waals surface area contributed by atoms with Crippen molar-refractivity contribution < 1.29 is 8.42 Å². The minimum Gasteiger partial charge on any atom is -0.262 e. The van der Waals surface area contributed by atoms with Crippen LogP contribution in [0.4, 0.5) is 5.82 Å². The van der Waals surface area contributed by atoms with Crippen molar-refractivity contribution in [3.8, 4) is 6.07 Å². The third-order valence-corrected chi connectivity index (χ3v) is 5.02. The van der Waals surface area contributed by atoms with Gasteiger partial charge in [-0.05, 0) is 30.7 Å². The summed E-state index contributed by atoms with van der Waals surface area (Å²) in [6, 6.07) is 8.28. The molecule has 0 bridgehead atoms. The molecule has 18 heavy (non-hydrogen) atoms. The fourth-order valence-corrected chi connectivity index (χ4v) is 3.48. The number of hydrogen-bond donors (Lipinski definition) is 1. The van der Waals surface area contributed by atoms with E-state index in [2.05, 4.69) is 9.71 Å². The van der Waals surface area contributed by atoms with Crippen LogP contribution < -0.4 is 4.72 Å². The zero-order valence-electron chi connectivity index (χ0n) is 9.41. The Morgan fingerprint density at radius 2 is 2.17 bits per heavy atom. The number of nitriles is 1. The number of sulfonamides is 1. The first-order chi connectivity index (χ1) is 8.53. The number of nitrogens with zero attached hydrogens (tertiary/aromatic N) is 2. The normalized spacial score (nSPS) is 10.9. The average Bonchev–Trinajstić information content (AvgIpc) is 2.81. The van der Waals surface area contributed by atoms with Crippen LogP contribution in [0.1, 0.15) is 10.4 Å². The lowest BCUT2D eigenvalue weighted by molar-refractivity contribution is 0.603. The van der Waals surface area contributed by atoms with Crippen LogP contribution in [0.2, 0.25) is 0 Å². The van der Waals surface area contributed by atoms with Gasteiger partial charge in [0.15, 0.2) is 0 Å². The van der Waals surface area contributed by atoms with Crippen molar-refractivity contribution in [1.29, 1.82) is 5.26 Å². The maximum absolute atomic E-state index is 12.0. The summed E-state index contributed by atoms with van der Waals surface area (Å²) in [6.07, 6.45) is 1.51. The van der Waals surface area contributed by atoms with E-state index in [1.54, 1.807) is 19.1 Å². The van der Waals surface area contributed by atoms with Gasteiger partial charge in [0.05, 0.1) is 0 Å². The lowest BCUT2D eigenvalue weighted by Crippen LogP contribution is -2.13. The molecular weight excluding hydrogens is 270 g/mol. The maximum atomic E-state index is 12.0. The fourth-order valence-electron chi connectivity index (χ4n) is 1.29. The van der Waals surface area contributed by atoms with Gasteiger partial charge in [0.2, 0.25) is 0 Å².